The zero-order valence-electron chi connectivity index (χ0n) is 43.8. The molecular weight excluding hydrogens is 1050 g/mol. The normalized spacial score (nSPS) is 17.1. The lowest BCUT2D eigenvalue weighted by molar-refractivity contribution is 0.0696. The van der Waals surface area contributed by atoms with Gasteiger partial charge >= 0.3 is 5.97 Å². The van der Waals surface area contributed by atoms with Crippen LogP contribution in [0.4, 0.5) is 17.6 Å². The van der Waals surface area contributed by atoms with E-state index >= 15 is 17.6 Å². The quantitative estimate of drug-likeness (QED) is 0.0887. The number of hydrogen-bond acceptors (Lipinski definition) is 13. The Morgan fingerprint density at radius 2 is 1.01 bits per heavy atom. The van der Waals surface area contributed by atoms with E-state index in [0.717, 1.165) is 58.2 Å². The number of aryl methyl sites for hydroxylation is 2. The van der Waals surface area contributed by atoms with Crippen molar-refractivity contribution in [3.05, 3.63) is 176 Å². The summed E-state index contributed by atoms with van der Waals surface area (Å²) in [5.74, 6) is -5.29. The number of fused-ring (bicyclic) bond motifs is 4. The molecule has 0 aliphatic heterocycles. The van der Waals surface area contributed by atoms with Gasteiger partial charge in [0, 0.05) is 91.6 Å². The van der Waals surface area contributed by atoms with E-state index in [-0.39, 0.29) is 56.5 Å². The van der Waals surface area contributed by atoms with E-state index in [9.17, 15) is 29.4 Å². The molecule has 19 nitrogen and oxygen atoms in total. The van der Waals surface area contributed by atoms with Gasteiger partial charge in [-0.05, 0) is 84.3 Å². The molecule has 2 aliphatic carbocycles. The van der Waals surface area contributed by atoms with Gasteiger partial charge in [-0.25, -0.2) is 32.3 Å². The Hall–Kier alpha value is -9.06. The van der Waals surface area contributed by atoms with E-state index in [1.165, 1.54) is 61.7 Å². The minimum atomic E-state index is -1.34. The van der Waals surface area contributed by atoms with E-state index < -0.39 is 71.5 Å². The molecule has 0 saturated heterocycles. The van der Waals surface area contributed by atoms with E-state index in [1.807, 2.05) is 6.07 Å². The number of aromatic carboxylic acids is 1. The lowest BCUT2D eigenvalue weighted by Crippen LogP contribution is -2.45. The minimum absolute atomic E-state index is 0.0289. The first kappa shape index (κ1) is 55.3. The fourth-order valence-electron chi connectivity index (χ4n) is 10.4. The molecule has 10 aromatic rings. The number of aliphatic hydroxyl groups excluding tert-OH is 2. The van der Waals surface area contributed by atoms with Gasteiger partial charge in [-0.2, -0.15) is 10.2 Å². The predicted octanol–water partition coefficient (Wildman–Crippen LogP) is 7.32. The second-order valence-corrected chi connectivity index (χ2v) is 20.1. The summed E-state index contributed by atoms with van der Waals surface area (Å²) >= 11 is 0. The van der Waals surface area contributed by atoms with Crippen LogP contribution in [0.25, 0.3) is 66.1 Å². The van der Waals surface area contributed by atoms with Gasteiger partial charge in [0.05, 0.1) is 47.9 Å². The number of hydrogen-bond donors (Lipinski definition) is 5. The van der Waals surface area contributed by atoms with Crippen molar-refractivity contribution in [2.45, 2.75) is 88.7 Å². The SMILES string of the molecule is Cn1cc2c(-c3cc(F)c(Cn4cc(C(=O)N[C@H]5CCCC[C@@H]5O)c5nccnc5c4=O)c(F)c3)cccc2n1.Cn1cc2c(-c3cc(F)c(Cn4cc(C(=O)O)c5nccnc5c4=O)c(F)c3)cccc2n1.N[C@H]1CCCC[C@@H]1O. The molecule has 0 spiro atoms. The summed E-state index contributed by atoms with van der Waals surface area (Å²) in [7, 11) is 3.52. The second kappa shape index (κ2) is 23.3. The van der Waals surface area contributed by atoms with Crippen molar-refractivity contribution in [1.29, 1.82) is 0 Å². The lowest BCUT2D eigenvalue weighted by atomic mass is 9.92. The minimum Gasteiger partial charge on any atom is -0.478 e. The Balaban J connectivity index is 0.000000162. The van der Waals surface area contributed by atoms with E-state index in [1.54, 1.807) is 66.2 Å². The summed E-state index contributed by atoms with van der Waals surface area (Å²) in [4.78, 5) is 67.0. The van der Waals surface area contributed by atoms with Gasteiger partial charge in [-0.15, -0.1) is 0 Å². The third kappa shape index (κ3) is 11.5. The molecule has 2 saturated carbocycles. The molecule has 6 N–H and O–H groups in total. The lowest BCUT2D eigenvalue weighted by Gasteiger charge is -2.28. The van der Waals surface area contributed by atoms with Crippen molar-refractivity contribution < 1.29 is 42.5 Å². The number of nitrogens with two attached hydrogens (primary N) is 1. The van der Waals surface area contributed by atoms with Crippen molar-refractivity contribution in [2.75, 3.05) is 0 Å². The third-order valence-electron chi connectivity index (χ3n) is 14.6. The first-order valence-electron chi connectivity index (χ1n) is 26.1. The number of rotatable bonds is 9. The van der Waals surface area contributed by atoms with Crippen LogP contribution in [0.15, 0.2) is 120 Å². The number of amides is 1. The maximum atomic E-state index is 15.4. The van der Waals surface area contributed by atoms with Crippen molar-refractivity contribution in [2.24, 2.45) is 19.8 Å². The number of halogens is 4. The highest BCUT2D eigenvalue weighted by atomic mass is 19.1. The Morgan fingerprint density at radius 3 is 1.44 bits per heavy atom. The number of carbonyl (C=O) groups excluding carboxylic acids is 1. The van der Waals surface area contributed by atoms with Crippen LogP contribution >= 0.6 is 0 Å². The average molecular weight is 1110 g/mol. The van der Waals surface area contributed by atoms with Gasteiger partial charge in [0.15, 0.2) is 11.0 Å². The second-order valence-electron chi connectivity index (χ2n) is 20.1. The molecule has 0 radical (unpaired) electrons. The van der Waals surface area contributed by atoms with Gasteiger partial charge < -0.3 is 35.5 Å². The monoisotopic (exact) mass is 1110 g/mol. The van der Waals surface area contributed by atoms with Gasteiger partial charge in [-0.3, -0.25) is 33.7 Å². The fraction of sp³-hybridized carbons (Fsp3) is 0.276. The van der Waals surface area contributed by atoms with Crippen LogP contribution in [-0.4, -0.2) is 100 Å². The van der Waals surface area contributed by atoms with Crippen LogP contribution in [-0.2, 0) is 27.2 Å². The number of carbonyl (C=O) groups is 2. The molecule has 12 rings (SSSR count). The smallest absolute Gasteiger partial charge is 0.339 e. The number of nitrogens with zero attached hydrogens (tertiary/aromatic N) is 10. The summed E-state index contributed by atoms with van der Waals surface area (Å²) in [5.41, 5.74) is 6.17. The van der Waals surface area contributed by atoms with Crippen LogP contribution in [0.3, 0.4) is 0 Å². The topological polar surface area (TPSA) is 264 Å². The zero-order valence-corrected chi connectivity index (χ0v) is 43.8. The van der Waals surface area contributed by atoms with E-state index in [2.05, 4.69) is 35.5 Å². The Kier molecular flexibility index (Phi) is 15.9. The number of pyridine rings is 2. The van der Waals surface area contributed by atoms with Crippen molar-refractivity contribution >= 4 is 55.7 Å². The molecule has 6 aromatic heterocycles. The average Bonchev–Trinajstić information content (AvgIpc) is 4.13. The van der Waals surface area contributed by atoms with Gasteiger partial charge in [0.2, 0.25) is 0 Å². The van der Waals surface area contributed by atoms with Gasteiger partial charge in [-0.1, -0.05) is 49.9 Å². The zero-order chi connectivity index (χ0) is 57.2. The Morgan fingerprint density at radius 1 is 0.593 bits per heavy atom. The molecule has 2 fully saturated rings. The van der Waals surface area contributed by atoms with Crippen LogP contribution in [0.5, 0.6) is 0 Å². The molecule has 4 atom stereocenters. The molecule has 2 aliphatic rings. The van der Waals surface area contributed by atoms with Crippen LogP contribution in [0, 0.1) is 23.3 Å². The molecule has 23 heteroatoms. The number of carboxylic acid groups (broad SMARTS) is 1. The van der Waals surface area contributed by atoms with Crippen LogP contribution in [0.1, 0.15) is 83.2 Å². The van der Waals surface area contributed by atoms with Crippen molar-refractivity contribution in [1.82, 2.24) is 53.9 Å². The van der Waals surface area contributed by atoms with Crippen molar-refractivity contribution in [3.63, 3.8) is 0 Å². The van der Waals surface area contributed by atoms with Crippen molar-refractivity contribution in [3.8, 4) is 22.3 Å². The number of aliphatic hydroxyl groups is 2. The molecule has 416 valence electrons. The Labute approximate surface area is 458 Å². The Bertz CT molecular complexity index is 4130. The van der Waals surface area contributed by atoms with E-state index in [4.69, 9.17) is 10.8 Å². The molecule has 0 unspecified atom stereocenters. The highest BCUT2D eigenvalue weighted by Gasteiger charge is 2.28. The maximum absolute atomic E-state index is 15.4. The van der Waals surface area contributed by atoms with E-state index in [0.29, 0.717) is 46.1 Å². The molecule has 81 heavy (non-hydrogen) atoms. The summed E-state index contributed by atoms with van der Waals surface area (Å²) in [6.45, 7) is -0.979. The molecule has 6 heterocycles. The summed E-state index contributed by atoms with van der Waals surface area (Å²) in [6.07, 6.45) is 17.3. The summed E-state index contributed by atoms with van der Waals surface area (Å²) < 4.78 is 66.2. The summed E-state index contributed by atoms with van der Waals surface area (Å²) in [5, 5.41) is 41.8. The standard InChI is InChI=1S/C29H26F2N6O3.C23H15F2N5O3.C6H13NO/c1-36-13-18-17(5-4-7-23(18)35-36)16-11-21(30)19(22(31)12-16)14-37-15-20(26-27(29(37)40)33-10-9-32-26)28(39)34-24-6-2-3-8-25(24)38;1-29-9-14-13(3-2-4-19(14)28-29)12-7-17(24)15(18(25)8-12)10-30-11-16(23(32)33)20-21(22(30)31)27-6-5-26-20;7-5-3-1-2-4-6(5)8/h4-5,7,9-13,15,24-25,38H,2-3,6,8,14H2,1H3,(H,34,39);2-9,11H,10H2,1H3,(H,32,33);5-6,8H,1-4,7H2/t24-,25-;;5-,6-/m0.0/s1. The fourth-order valence-corrected chi connectivity index (χ4v) is 10.4. The third-order valence-corrected chi connectivity index (χ3v) is 14.6. The van der Waals surface area contributed by atoms with Gasteiger partial charge in [0.25, 0.3) is 17.0 Å². The highest BCUT2D eigenvalue weighted by molar-refractivity contribution is 6.04. The molecule has 1 amide bonds. The number of carboxylic acids is 1. The largest absolute Gasteiger partial charge is 0.478 e. The number of nitrogens with one attached hydrogen (secondary N) is 1. The molecular formula is C58H54F4N12O7. The van der Waals surface area contributed by atoms with Gasteiger partial charge in [0.1, 0.15) is 39.9 Å². The summed E-state index contributed by atoms with van der Waals surface area (Å²) in [6, 6.07) is 15.1. The number of benzene rings is 4. The molecule has 0 bridgehead atoms. The number of aromatic nitrogens is 10. The maximum Gasteiger partial charge on any atom is 0.339 e. The molecule has 4 aromatic carbocycles. The first-order valence-corrected chi connectivity index (χ1v) is 26.1. The van der Waals surface area contributed by atoms with Crippen LogP contribution in [0.2, 0.25) is 0 Å². The highest BCUT2D eigenvalue weighted by Crippen LogP contribution is 2.33. The first-order chi connectivity index (χ1) is 38.9. The van der Waals surface area contributed by atoms with Crippen LogP contribution < -0.4 is 22.2 Å². The predicted molar refractivity (Wildman–Crippen MR) is 293 cm³/mol.